The van der Waals surface area contributed by atoms with Crippen LogP contribution in [0.2, 0.25) is 0 Å². The normalized spacial score (nSPS) is 14.3. The van der Waals surface area contributed by atoms with Gasteiger partial charge in [0.15, 0.2) is 5.82 Å². The van der Waals surface area contributed by atoms with Crippen LogP contribution in [-0.2, 0) is 6.18 Å². The Bertz CT molecular complexity index is 1200. The highest BCUT2D eigenvalue weighted by molar-refractivity contribution is 5.96. The van der Waals surface area contributed by atoms with Crippen LogP contribution in [0.15, 0.2) is 24.7 Å². The SMILES string of the molecule is Cc1ncc(-c2cc(C(F)(F)F)c3c(N)ncnn23)cc1C(=O)NCC(C)(O)CC(C)(C)C. The van der Waals surface area contributed by atoms with E-state index in [4.69, 9.17) is 5.73 Å². The highest BCUT2D eigenvalue weighted by Gasteiger charge is 2.36. The Kier molecular flexibility index (Phi) is 6.14. The predicted octanol–water partition coefficient (Wildman–Crippen LogP) is 3.62. The molecule has 1 atom stereocenters. The second kappa shape index (κ2) is 8.29. The number of aromatic nitrogens is 4. The molecule has 3 rings (SSSR count). The van der Waals surface area contributed by atoms with Gasteiger partial charge in [-0.1, -0.05) is 20.8 Å². The summed E-state index contributed by atoms with van der Waals surface area (Å²) in [6.07, 6.45) is -1.81. The van der Waals surface area contributed by atoms with E-state index in [9.17, 15) is 23.1 Å². The van der Waals surface area contributed by atoms with E-state index in [0.29, 0.717) is 12.1 Å². The minimum atomic E-state index is -4.68. The first kappa shape index (κ1) is 24.4. The number of amides is 1. The topological polar surface area (TPSA) is 118 Å². The number of hydrogen-bond donors (Lipinski definition) is 3. The van der Waals surface area contributed by atoms with Gasteiger partial charge >= 0.3 is 6.18 Å². The lowest BCUT2D eigenvalue weighted by Gasteiger charge is -2.31. The van der Waals surface area contributed by atoms with Crippen LogP contribution in [0.5, 0.6) is 0 Å². The number of hydrogen-bond acceptors (Lipinski definition) is 6. The van der Waals surface area contributed by atoms with Crippen molar-refractivity contribution in [3.05, 3.63) is 41.5 Å². The van der Waals surface area contributed by atoms with Gasteiger partial charge in [0, 0.05) is 18.3 Å². The average Bonchev–Trinajstić information content (AvgIpc) is 3.06. The Morgan fingerprint density at radius 1 is 1.18 bits per heavy atom. The molecule has 0 aliphatic carbocycles. The number of aliphatic hydroxyl groups is 1. The number of aryl methyl sites for hydroxylation is 1. The van der Waals surface area contributed by atoms with Crippen molar-refractivity contribution in [1.82, 2.24) is 24.9 Å². The number of nitrogens with one attached hydrogen (secondary N) is 1. The van der Waals surface area contributed by atoms with E-state index in [1.807, 2.05) is 20.8 Å². The van der Waals surface area contributed by atoms with Crippen LogP contribution >= 0.6 is 0 Å². The van der Waals surface area contributed by atoms with Crippen LogP contribution in [0.1, 0.15) is 55.7 Å². The van der Waals surface area contributed by atoms with Gasteiger partial charge in [0.05, 0.1) is 28.1 Å². The summed E-state index contributed by atoms with van der Waals surface area (Å²) in [4.78, 5) is 20.7. The van der Waals surface area contributed by atoms with E-state index >= 15 is 0 Å². The second-order valence-corrected chi connectivity index (χ2v) is 9.62. The fourth-order valence-corrected chi connectivity index (χ4v) is 3.96. The lowest BCUT2D eigenvalue weighted by molar-refractivity contribution is -0.136. The second-order valence-electron chi connectivity index (χ2n) is 9.62. The van der Waals surface area contributed by atoms with Gasteiger partial charge in [-0.25, -0.2) is 9.50 Å². The van der Waals surface area contributed by atoms with Crippen molar-refractivity contribution in [2.45, 2.75) is 52.8 Å². The molecule has 0 aliphatic rings. The minimum Gasteiger partial charge on any atom is -0.388 e. The van der Waals surface area contributed by atoms with Crippen molar-refractivity contribution in [3.63, 3.8) is 0 Å². The van der Waals surface area contributed by atoms with Gasteiger partial charge in [-0.2, -0.15) is 18.3 Å². The molecular formula is C22H27F3N6O2. The van der Waals surface area contributed by atoms with Crippen LogP contribution in [0.4, 0.5) is 19.0 Å². The third-order valence-electron chi connectivity index (χ3n) is 5.06. The third kappa shape index (κ3) is 5.41. The first-order chi connectivity index (χ1) is 15.1. The van der Waals surface area contributed by atoms with Crippen molar-refractivity contribution in [2.75, 3.05) is 12.3 Å². The summed E-state index contributed by atoms with van der Waals surface area (Å²) >= 11 is 0. The van der Waals surface area contributed by atoms with Gasteiger partial charge in [0.25, 0.3) is 5.91 Å². The number of halogens is 3. The molecule has 0 spiro atoms. The molecule has 0 saturated carbocycles. The summed E-state index contributed by atoms with van der Waals surface area (Å²) in [5.74, 6) is -0.815. The molecule has 3 aromatic rings. The number of carbonyl (C=O) groups excluding carboxylic acids is 1. The smallest absolute Gasteiger partial charge is 0.388 e. The van der Waals surface area contributed by atoms with E-state index in [2.05, 4.69) is 20.4 Å². The molecule has 1 amide bonds. The zero-order chi connectivity index (χ0) is 24.8. The molecule has 0 fully saturated rings. The molecule has 3 aromatic heterocycles. The maximum atomic E-state index is 13.6. The number of nitrogen functional groups attached to an aromatic ring is 1. The van der Waals surface area contributed by atoms with Crippen LogP contribution in [0.25, 0.3) is 16.8 Å². The highest BCUT2D eigenvalue weighted by Crippen LogP contribution is 2.38. The number of fused-ring (bicyclic) bond motifs is 1. The number of pyridine rings is 1. The average molecular weight is 464 g/mol. The fraction of sp³-hybridized carbons (Fsp3) is 0.455. The van der Waals surface area contributed by atoms with Crippen molar-refractivity contribution < 1.29 is 23.1 Å². The molecule has 33 heavy (non-hydrogen) atoms. The van der Waals surface area contributed by atoms with Crippen LogP contribution in [-0.4, -0.2) is 42.7 Å². The molecule has 0 radical (unpaired) electrons. The largest absolute Gasteiger partial charge is 0.418 e. The number of rotatable bonds is 5. The predicted molar refractivity (Wildman–Crippen MR) is 117 cm³/mol. The highest BCUT2D eigenvalue weighted by atomic mass is 19.4. The monoisotopic (exact) mass is 464 g/mol. The maximum Gasteiger partial charge on any atom is 0.418 e. The van der Waals surface area contributed by atoms with Crippen LogP contribution in [0.3, 0.4) is 0 Å². The Morgan fingerprint density at radius 2 is 1.85 bits per heavy atom. The standard InChI is InChI=1S/C22H27F3N6O2/c1-12-14(19(32)28-10-21(5,33)9-20(2,3)4)6-13(8-27-12)16-7-15(22(23,24)25)17-18(26)29-11-30-31(16)17/h6-8,11,33H,9-10H2,1-5H3,(H,28,32)(H2,26,29,30). The minimum absolute atomic E-state index is 0.00279. The lowest BCUT2D eigenvalue weighted by atomic mass is 9.83. The summed E-state index contributed by atoms with van der Waals surface area (Å²) in [7, 11) is 0. The van der Waals surface area contributed by atoms with Gasteiger partial charge in [-0.15, -0.1) is 0 Å². The summed E-state index contributed by atoms with van der Waals surface area (Å²) in [5, 5.41) is 17.2. The Balaban J connectivity index is 1.98. The van der Waals surface area contributed by atoms with Gasteiger partial charge in [-0.05, 0) is 37.8 Å². The molecule has 178 valence electrons. The number of nitrogens with zero attached hydrogens (tertiary/aromatic N) is 4. The van der Waals surface area contributed by atoms with Crippen molar-refractivity contribution >= 4 is 17.2 Å². The molecule has 0 aromatic carbocycles. The molecular weight excluding hydrogens is 437 g/mol. The molecule has 0 saturated heterocycles. The van der Waals surface area contributed by atoms with Crippen molar-refractivity contribution in [3.8, 4) is 11.3 Å². The summed E-state index contributed by atoms with van der Waals surface area (Å²) in [6.45, 7) is 9.19. The van der Waals surface area contributed by atoms with Crippen LogP contribution < -0.4 is 11.1 Å². The molecule has 3 heterocycles. The fourth-order valence-electron chi connectivity index (χ4n) is 3.96. The number of carbonyl (C=O) groups is 1. The van der Waals surface area contributed by atoms with Crippen molar-refractivity contribution in [1.29, 1.82) is 0 Å². The zero-order valence-electron chi connectivity index (χ0n) is 19.1. The summed E-state index contributed by atoms with van der Waals surface area (Å²) in [6, 6.07) is 2.35. The number of anilines is 1. The number of alkyl halides is 3. The third-order valence-corrected chi connectivity index (χ3v) is 5.06. The molecule has 8 nitrogen and oxygen atoms in total. The Hall–Kier alpha value is -3.21. The summed E-state index contributed by atoms with van der Waals surface area (Å²) < 4.78 is 41.8. The summed E-state index contributed by atoms with van der Waals surface area (Å²) in [5.41, 5.74) is 3.92. The first-order valence-electron chi connectivity index (χ1n) is 10.3. The molecule has 11 heteroatoms. The van der Waals surface area contributed by atoms with E-state index in [1.165, 1.54) is 12.3 Å². The van der Waals surface area contributed by atoms with Gasteiger partial charge in [0.1, 0.15) is 11.8 Å². The lowest BCUT2D eigenvalue weighted by Crippen LogP contribution is -2.43. The van der Waals surface area contributed by atoms with E-state index in [0.717, 1.165) is 16.9 Å². The van der Waals surface area contributed by atoms with Crippen LogP contribution in [0, 0.1) is 12.3 Å². The first-order valence-corrected chi connectivity index (χ1v) is 10.3. The molecule has 0 aliphatic heterocycles. The van der Waals surface area contributed by atoms with E-state index < -0.39 is 23.2 Å². The van der Waals surface area contributed by atoms with Gasteiger partial charge in [0.2, 0.25) is 0 Å². The van der Waals surface area contributed by atoms with Crippen molar-refractivity contribution in [2.24, 2.45) is 5.41 Å². The molecule has 1 unspecified atom stereocenters. The zero-order valence-corrected chi connectivity index (χ0v) is 19.1. The quantitative estimate of drug-likeness (QED) is 0.531. The van der Waals surface area contributed by atoms with E-state index in [1.54, 1.807) is 13.8 Å². The Labute approximate surface area is 189 Å². The molecule has 4 N–H and O–H groups in total. The maximum absolute atomic E-state index is 13.6. The Morgan fingerprint density at radius 3 is 2.45 bits per heavy atom. The number of nitrogens with two attached hydrogens (primary N) is 1. The van der Waals surface area contributed by atoms with Gasteiger partial charge < -0.3 is 16.2 Å². The van der Waals surface area contributed by atoms with E-state index in [-0.39, 0.29) is 40.1 Å². The van der Waals surface area contributed by atoms with Gasteiger partial charge in [-0.3, -0.25) is 9.78 Å². The molecule has 0 bridgehead atoms.